The summed E-state index contributed by atoms with van der Waals surface area (Å²) in [6.07, 6.45) is 2.91. The Bertz CT molecular complexity index is 620. The van der Waals surface area contributed by atoms with Crippen LogP contribution in [-0.4, -0.2) is 38.6 Å². The van der Waals surface area contributed by atoms with Gasteiger partial charge in [0.15, 0.2) is 18.1 Å². The quantitative estimate of drug-likeness (QED) is 0.693. The largest absolute Gasteiger partial charge is 0.493 e. The fraction of sp³-hybridized carbons (Fsp3) is 0.312. The molecule has 2 N–H and O–H groups in total. The van der Waals surface area contributed by atoms with E-state index >= 15 is 0 Å². The van der Waals surface area contributed by atoms with Crippen LogP contribution in [0.25, 0.3) is 6.08 Å². The highest BCUT2D eigenvalue weighted by Crippen LogP contribution is 2.28. The fourth-order valence-electron chi connectivity index (χ4n) is 1.68. The van der Waals surface area contributed by atoms with Gasteiger partial charge in [0, 0.05) is 12.6 Å². The van der Waals surface area contributed by atoms with Crippen LogP contribution >= 0.6 is 0 Å². The third-order valence-electron chi connectivity index (χ3n) is 2.70. The Hall–Kier alpha value is -3.01. The normalized spacial score (nSPS) is 9.96. The van der Waals surface area contributed by atoms with Crippen LogP contribution in [0.5, 0.6) is 11.5 Å². The first-order chi connectivity index (χ1) is 11.1. The number of nitrogens with one attached hydrogen (secondary N) is 2. The molecule has 1 aromatic rings. The van der Waals surface area contributed by atoms with E-state index < -0.39 is 0 Å². The SMILES string of the molecule is CCNC(=O)CNC(=O)/C=C/c1ccc(OCC#N)c(OC)c1. The van der Waals surface area contributed by atoms with E-state index in [0.29, 0.717) is 18.0 Å². The number of ether oxygens (including phenoxy) is 2. The van der Waals surface area contributed by atoms with Gasteiger partial charge in [0.1, 0.15) is 6.07 Å². The van der Waals surface area contributed by atoms with Crippen LogP contribution in [0.15, 0.2) is 24.3 Å². The van der Waals surface area contributed by atoms with Gasteiger partial charge in [-0.2, -0.15) is 5.26 Å². The number of hydrogen-bond acceptors (Lipinski definition) is 5. The van der Waals surface area contributed by atoms with Crippen LogP contribution in [-0.2, 0) is 9.59 Å². The van der Waals surface area contributed by atoms with E-state index in [0.717, 1.165) is 5.56 Å². The van der Waals surface area contributed by atoms with Gasteiger partial charge >= 0.3 is 0 Å². The van der Waals surface area contributed by atoms with E-state index in [1.54, 1.807) is 31.2 Å². The van der Waals surface area contributed by atoms with Gasteiger partial charge in [-0.25, -0.2) is 0 Å². The molecule has 0 aromatic heterocycles. The minimum Gasteiger partial charge on any atom is -0.493 e. The molecule has 2 amide bonds. The zero-order valence-electron chi connectivity index (χ0n) is 13.1. The number of amides is 2. The Morgan fingerprint density at radius 3 is 2.74 bits per heavy atom. The van der Waals surface area contributed by atoms with Gasteiger partial charge in [-0.1, -0.05) is 6.07 Å². The summed E-state index contributed by atoms with van der Waals surface area (Å²) < 4.78 is 10.4. The second-order valence-electron chi connectivity index (χ2n) is 4.36. The summed E-state index contributed by atoms with van der Waals surface area (Å²) >= 11 is 0. The highest BCUT2D eigenvalue weighted by atomic mass is 16.5. The van der Waals surface area contributed by atoms with Gasteiger partial charge < -0.3 is 20.1 Å². The highest BCUT2D eigenvalue weighted by molar-refractivity contribution is 5.94. The lowest BCUT2D eigenvalue weighted by Crippen LogP contribution is -2.35. The molecule has 122 valence electrons. The van der Waals surface area contributed by atoms with Gasteiger partial charge in [0.25, 0.3) is 0 Å². The predicted octanol–water partition coefficient (Wildman–Crippen LogP) is 0.863. The van der Waals surface area contributed by atoms with Crippen LogP contribution < -0.4 is 20.1 Å². The van der Waals surface area contributed by atoms with Crippen molar-refractivity contribution in [3.8, 4) is 17.6 Å². The second-order valence-corrected chi connectivity index (χ2v) is 4.36. The summed E-state index contributed by atoms with van der Waals surface area (Å²) in [7, 11) is 1.49. The van der Waals surface area contributed by atoms with E-state index in [4.69, 9.17) is 14.7 Å². The van der Waals surface area contributed by atoms with Crippen molar-refractivity contribution in [3.63, 3.8) is 0 Å². The number of nitrogens with zero attached hydrogens (tertiary/aromatic N) is 1. The average molecular weight is 317 g/mol. The van der Waals surface area contributed by atoms with E-state index in [1.807, 2.05) is 6.07 Å². The van der Waals surface area contributed by atoms with Crippen molar-refractivity contribution in [2.45, 2.75) is 6.92 Å². The van der Waals surface area contributed by atoms with Crippen LogP contribution in [0.2, 0.25) is 0 Å². The summed E-state index contributed by atoms with van der Waals surface area (Å²) in [6.45, 7) is 2.18. The molecule has 0 saturated carbocycles. The van der Waals surface area contributed by atoms with Gasteiger partial charge in [0.2, 0.25) is 11.8 Å². The monoisotopic (exact) mass is 317 g/mol. The van der Waals surface area contributed by atoms with E-state index in [-0.39, 0.29) is 25.0 Å². The Morgan fingerprint density at radius 2 is 2.09 bits per heavy atom. The lowest BCUT2D eigenvalue weighted by molar-refractivity contribution is -0.123. The van der Waals surface area contributed by atoms with Crippen molar-refractivity contribution in [2.75, 3.05) is 26.8 Å². The van der Waals surface area contributed by atoms with Crippen LogP contribution in [0.4, 0.5) is 0 Å². The molecule has 1 rings (SSSR count). The lowest BCUT2D eigenvalue weighted by atomic mass is 10.2. The number of hydrogen-bond donors (Lipinski definition) is 2. The molecule has 0 unspecified atom stereocenters. The molecule has 7 nitrogen and oxygen atoms in total. The van der Waals surface area contributed by atoms with Crippen molar-refractivity contribution >= 4 is 17.9 Å². The molecule has 0 bridgehead atoms. The standard InChI is InChI=1S/C16H19N3O4/c1-3-18-16(21)11-19-15(20)7-5-12-4-6-13(23-9-8-17)14(10-12)22-2/h4-7,10H,3,9,11H2,1-2H3,(H,18,21)(H,19,20)/b7-5+. The summed E-state index contributed by atoms with van der Waals surface area (Å²) in [6, 6.07) is 6.94. The van der Waals surface area contributed by atoms with E-state index in [9.17, 15) is 9.59 Å². The maximum Gasteiger partial charge on any atom is 0.244 e. The van der Waals surface area contributed by atoms with Gasteiger partial charge in [0.05, 0.1) is 13.7 Å². The Balaban J connectivity index is 2.64. The van der Waals surface area contributed by atoms with Gasteiger partial charge in [-0.15, -0.1) is 0 Å². The minimum atomic E-state index is -0.375. The van der Waals surface area contributed by atoms with Crippen LogP contribution in [0.1, 0.15) is 12.5 Å². The number of carbonyl (C=O) groups excluding carboxylic acids is 2. The first-order valence-corrected chi connectivity index (χ1v) is 7.01. The molecule has 7 heteroatoms. The second kappa shape index (κ2) is 9.84. The molecule has 0 heterocycles. The summed E-state index contributed by atoms with van der Waals surface area (Å²) in [4.78, 5) is 22.8. The molecule has 1 aromatic carbocycles. The molecule has 0 atom stereocenters. The van der Waals surface area contributed by atoms with Crippen molar-refractivity contribution in [1.82, 2.24) is 10.6 Å². The van der Waals surface area contributed by atoms with Crippen molar-refractivity contribution in [3.05, 3.63) is 29.8 Å². The topological polar surface area (TPSA) is 100 Å². The summed E-state index contributed by atoms with van der Waals surface area (Å²) in [5, 5.41) is 13.6. The summed E-state index contributed by atoms with van der Waals surface area (Å²) in [5.41, 5.74) is 0.722. The molecular weight excluding hydrogens is 298 g/mol. The number of carbonyl (C=O) groups is 2. The van der Waals surface area contributed by atoms with Crippen molar-refractivity contribution in [1.29, 1.82) is 5.26 Å². The zero-order chi connectivity index (χ0) is 17.1. The number of methoxy groups -OCH3 is 1. The minimum absolute atomic E-state index is 0.0682. The third-order valence-corrected chi connectivity index (χ3v) is 2.70. The zero-order valence-corrected chi connectivity index (χ0v) is 13.1. The smallest absolute Gasteiger partial charge is 0.244 e. The Labute approximate surface area is 134 Å². The number of likely N-dealkylation sites (N-methyl/N-ethyl adjacent to an activating group) is 1. The molecule has 0 aliphatic rings. The molecule has 0 radical (unpaired) electrons. The first-order valence-electron chi connectivity index (χ1n) is 7.01. The number of rotatable bonds is 8. The molecule has 0 aliphatic carbocycles. The van der Waals surface area contributed by atoms with Crippen molar-refractivity contribution < 1.29 is 19.1 Å². The molecular formula is C16H19N3O4. The van der Waals surface area contributed by atoms with Crippen LogP contribution in [0, 0.1) is 11.3 Å². The maximum absolute atomic E-state index is 11.6. The molecule has 0 spiro atoms. The lowest BCUT2D eigenvalue weighted by Gasteiger charge is -2.08. The average Bonchev–Trinajstić information content (AvgIpc) is 2.56. The summed E-state index contributed by atoms with van der Waals surface area (Å²) in [5.74, 6) is 0.298. The molecule has 0 saturated heterocycles. The molecule has 23 heavy (non-hydrogen) atoms. The van der Waals surface area contributed by atoms with E-state index in [1.165, 1.54) is 13.2 Å². The fourth-order valence-corrected chi connectivity index (χ4v) is 1.68. The number of nitriles is 1. The van der Waals surface area contributed by atoms with Gasteiger partial charge in [-0.05, 0) is 30.7 Å². The maximum atomic E-state index is 11.6. The van der Waals surface area contributed by atoms with Gasteiger partial charge in [-0.3, -0.25) is 9.59 Å². The third kappa shape index (κ3) is 6.52. The van der Waals surface area contributed by atoms with Crippen molar-refractivity contribution in [2.24, 2.45) is 0 Å². The predicted molar refractivity (Wildman–Crippen MR) is 84.8 cm³/mol. The highest BCUT2D eigenvalue weighted by Gasteiger charge is 2.05. The molecule has 0 fully saturated rings. The Morgan fingerprint density at radius 1 is 1.30 bits per heavy atom. The molecule has 0 aliphatic heterocycles. The Kier molecular flexibility index (Phi) is 7.72. The van der Waals surface area contributed by atoms with Crippen LogP contribution in [0.3, 0.4) is 0 Å². The van der Waals surface area contributed by atoms with E-state index in [2.05, 4.69) is 10.6 Å². The number of benzene rings is 1. The first kappa shape index (κ1) is 18.0.